The Morgan fingerprint density at radius 1 is 0.906 bits per heavy atom. The first-order chi connectivity index (χ1) is 15.2. The second kappa shape index (κ2) is 9.98. The fourth-order valence-electron chi connectivity index (χ4n) is 4.03. The number of esters is 3. The van der Waals surface area contributed by atoms with Crippen LogP contribution in [0, 0.1) is 5.92 Å². The van der Waals surface area contributed by atoms with E-state index in [0.29, 0.717) is 0 Å². The maximum absolute atomic E-state index is 12.6. The van der Waals surface area contributed by atoms with Gasteiger partial charge in [0.1, 0.15) is 12.2 Å². The first-order valence-electron chi connectivity index (χ1n) is 10.8. The van der Waals surface area contributed by atoms with Crippen LogP contribution in [0.2, 0.25) is 0 Å². The molecule has 0 aliphatic heterocycles. The molecule has 6 heteroatoms. The minimum absolute atomic E-state index is 0.0215. The van der Waals surface area contributed by atoms with Gasteiger partial charge < -0.3 is 14.2 Å². The van der Waals surface area contributed by atoms with Crippen molar-refractivity contribution in [3.8, 4) is 11.1 Å². The summed E-state index contributed by atoms with van der Waals surface area (Å²) in [6.07, 6.45) is 0.0327. The van der Waals surface area contributed by atoms with Gasteiger partial charge in [0.05, 0.1) is 19.4 Å². The highest BCUT2D eigenvalue weighted by atomic mass is 16.6. The zero-order valence-corrected chi connectivity index (χ0v) is 19.1. The van der Waals surface area contributed by atoms with Crippen molar-refractivity contribution < 1.29 is 28.6 Å². The molecule has 0 bridgehead atoms. The Balaban J connectivity index is 1.61. The summed E-state index contributed by atoms with van der Waals surface area (Å²) in [6.45, 7) is 5.52. The molecule has 0 amide bonds. The largest absolute Gasteiger partial charge is 0.469 e. The van der Waals surface area contributed by atoms with Crippen LogP contribution in [-0.4, -0.2) is 37.2 Å². The SMILES string of the molecule is COC(=O)[C@@H](CCC(=O)OC(C)(C)C)CC(=O)OCC1c2ccccc2-c2ccccc21. The fraction of sp³-hybridized carbons (Fsp3) is 0.423. The molecule has 170 valence electrons. The van der Waals surface area contributed by atoms with Gasteiger partial charge in [0.15, 0.2) is 0 Å². The smallest absolute Gasteiger partial charge is 0.309 e. The van der Waals surface area contributed by atoms with Crippen molar-refractivity contribution in [2.45, 2.75) is 51.6 Å². The van der Waals surface area contributed by atoms with E-state index in [1.807, 2.05) is 36.4 Å². The quantitative estimate of drug-likeness (QED) is 0.441. The normalized spacial score (nSPS) is 13.6. The van der Waals surface area contributed by atoms with Crippen LogP contribution in [0.3, 0.4) is 0 Å². The molecule has 3 rings (SSSR count). The van der Waals surface area contributed by atoms with Gasteiger partial charge >= 0.3 is 17.9 Å². The Labute approximate surface area is 188 Å². The van der Waals surface area contributed by atoms with Gasteiger partial charge in [0.25, 0.3) is 0 Å². The van der Waals surface area contributed by atoms with Crippen molar-refractivity contribution in [2.75, 3.05) is 13.7 Å². The van der Waals surface area contributed by atoms with E-state index in [4.69, 9.17) is 14.2 Å². The lowest BCUT2D eigenvalue weighted by atomic mass is 9.97. The van der Waals surface area contributed by atoms with E-state index in [-0.39, 0.29) is 31.8 Å². The number of benzene rings is 2. The predicted molar refractivity (Wildman–Crippen MR) is 120 cm³/mol. The van der Waals surface area contributed by atoms with Crippen molar-refractivity contribution in [3.05, 3.63) is 59.7 Å². The van der Waals surface area contributed by atoms with E-state index in [1.165, 1.54) is 7.11 Å². The summed E-state index contributed by atoms with van der Waals surface area (Å²) in [5.41, 5.74) is 3.93. The number of ether oxygens (including phenoxy) is 3. The zero-order chi connectivity index (χ0) is 23.3. The van der Waals surface area contributed by atoms with Gasteiger partial charge in [0, 0.05) is 12.3 Å². The first kappa shape index (κ1) is 23.5. The van der Waals surface area contributed by atoms with Crippen LogP contribution < -0.4 is 0 Å². The van der Waals surface area contributed by atoms with E-state index in [9.17, 15) is 14.4 Å². The zero-order valence-electron chi connectivity index (χ0n) is 19.1. The van der Waals surface area contributed by atoms with Crippen molar-refractivity contribution in [1.29, 1.82) is 0 Å². The summed E-state index contributed by atoms with van der Waals surface area (Å²) < 4.78 is 15.7. The molecule has 0 saturated carbocycles. The minimum atomic E-state index is -0.761. The topological polar surface area (TPSA) is 78.9 Å². The molecular weight excluding hydrogens is 408 g/mol. The average molecular weight is 439 g/mol. The highest BCUT2D eigenvalue weighted by molar-refractivity contribution is 5.81. The van der Waals surface area contributed by atoms with E-state index in [2.05, 4.69) is 12.1 Å². The lowest BCUT2D eigenvalue weighted by Crippen LogP contribution is -2.26. The molecule has 2 aromatic carbocycles. The summed E-state index contributed by atoms with van der Waals surface area (Å²) in [7, 11) is 1.26. The maximum Gasteiger partial charge on any atom is 0.309 e. The molecule has 1 aliphatic rings. The number of fused-ring (bicyclic) bond motifs is 3. The molecule has 0 unspecified atom stereocenters. The third-order valence-corrected chi connectivity index (χ3v) is 5.44. The van der Waals surface area contributed by atoms with Crippen molar-refractivity contribution in [1.82, 2.24) is 0 Å². The van der Waals surface area contributed by atoms with Crippen LogP contribution in [0.5, 0.6) is 0 Å². The highest BCUT2D eigenvalue weighted by Gasteiger charge is 2.30. The summed E-state index contributed by atoms with van der Waals surface area (Å²) in [4.78, 5) is 36.7. The van der Waals surface area contributed by atoms with Crippen molar-refractivity contribution >= 4 is 17.9 Å². The fourth-order valence-corrected chi connectivity index (χ4v) is 4.03. The minimum Gasteiger partial charge on any atom is -0.469 e. The Hall–Kier alpha value is -3.15. The van der Waals surface area contributed by atoms with Crippen LogP contribution in [0.15, 0.2) is 48.5 Å². The van der Waals surface area contributed by atoms with Gasteiger partial charge in [-0.25, -0.2) is 0 Å². The highest BCUT2D eigenvalue weighted by Crippen LogP contribution is 2.44. The summed E-state index contributed by atoms with van der Waals surface area (Å²) >= 11 is 0. The number of methoxy groups -OCH3 is 1. The molecule has 0 heterocycles. The lowest BCUT2D eigenvalue weighted by Gasteiger charge is -2.20. The summed E-state index contributed by atoms with van der Waals surface area (Å²) in [5, 5.41) is 0. The summed E-state index contributed by atoms with van der Waals surface area (Å²) in [6, 6.07) is 16.2. The van der Waals surface area contributed by atoms with Crippen molar-refractivity contribution in [3.63, 3.8) is 0 Å². The molecule has 0 N–H and O–H groups in total. The molecule has 1 atom stereocenters. The molecule has 0 fully saturated rings. The number of hydrogen-bond donors (Lipinski definition) is 0. The molecule has 0 saturated heterocycles. The first-order valence-corrected chi connectivity index (χ1v) is 10.8. The van der Waals surface area contributed by atoms with Crippen LogP contribution in [0.1, 0.15) is 57.1 Å². The van der Waals surface area contributed by atoms with E-state index in [0.717, 1.165) is 22.3 Å². The molecular formula is C26H30O6. The van der Waals surface area contributed by atoms with Crippen LogP contribution in [0.4, 0.5) is 0 Å². The van der Waals surface area contributed by atoms with E-state index in [1.54, 1.807) is 20.8 Å². The lowest BCUT2D eigenvalue weighted by molar-refractivity contribution is -0.158. The second-order valence-corrected chi connectivity index (χ2v) is 8.96. The Morgan fingerprint density at radius 3 is 2.00 bits per heavy atom. The monoisotopic (exact) mass is 438 g/mol. The summed E-state index contributed by atoms with van der Waals surface area (Å²) in [5.74, 6) is -2.26. The van der Waals surface area contributed by atoms with Gasteiger partial charge in [-0.2, -0.15) is 0 Å². The van der Waals surface area contributed by atoms with E-state index < -0.39 is 29.4 Å². The molecule has 0 radical (unpaired) electrons. The Kier molecular flexibility index (Phi) is 7.33. The number of rotatable bonds is 8. The third-order valence-electron chi connectivity index (χ3n) is 5.44. The van der Waals surface area contributed by atoms with E-state index >= 15 is 0 Å². The second-order valence-electron chi connectivity index (χ2n) is 8.96. The van der Waals surface area contributed by atoms with Crippen LogP contribution in [0.25, 0.3) is 11.1 Å². The Morgan fingerprint density at radius 2 is 1.47 bits per heavy atom. The molecule has 32 heavy (non-hydrogen) atoms. The maximum atomic E-state index is 12.6. The third kappa shape index (κ3) is 5.75. The molecule has 2 aromatic rings. The Bertz CT molecular complexity index is 942. The number of carbonyl (C=O) groups is 3. The van der Waals surface area contributed by atoms with Gasteiger partial charge in [0.2, 0.25) is 0 Å². The number of carbonyl (C=O) groups excluding carboxylic acids is 3. The van der Waals surface area contributed by atoms with Gasteiger partial charge in [-0.05, 0) is 49.4 Å². The predicted octanol–water partition coefficient (Wildman–Crippen LogP) is 4.64. The number of hydrogen-bond acceptors (Lipinski definition) is 6. The van der Waals surface area contributed by atoms with Gasteiger partial charge in [-0.3, -0.25) is 14.4 Å². The van der Waals surface area contributed by atoms with Gasteiger partial charge in [-0.1, -0.05) is 48.5 Å². The van der Waals surface area contributed by atoms with Crippen molar-refractivity contribution in [2.24, 2.45) is 5.92 Å². The standard InChI is InChI=1S/C26H30O6/c1-26(2,3)32-23(27)14-13-17(25(29)30-4)15-24(28)31-16-22-20-11-7-5-9-18(20)19-10-6-8-12-21(19)22/h5-12,17,22H,13-16H2,1-4H3/t17-/m0/s1. The molecule has 1 aliphatic carbocycles. The molecule has 6 nitrogen and oxygen atoms in total. The van der Waals surface area contributed by atoms with Crippen LogP contribution in [-0.2, 0) is 28.6 Å². The molecule has 0 spiro atoms. The molecule has 0 aromatic heterocycles. The average Bonchev–Trinajstić information content (AvgIpc) is 3.07. The van der Waals surface area contributed by atoms with Crippen LogP contribution >= 0.6 is 0 Å². The van der Waals surface area contributed by atoms with Gasteiger partial charge in [-0.15, -0.1) is 0 Å².